The Kier molecular flexibility index (Phi) is 5.44. The number of hydrogen-bond acceptors (Lipinski definition) is 4. The summed E-state index contributed by atoms with van der Waals surface area (Å²) in [6, 6.07) is 9.77. The molecular formula is C20H28N4OS. The Morgan fingerprint density at radius 1 is 1.23 bits per heavy atom. The van der Waals surface area contributed by atoms with E-state index in [1.54, 1.807) is 11.8 Å². The van der Waals surface area contributed by atoms with Gasteiger partial charge in [0, 0.05) is 48.1 Å². The average molecular weight is 373 g/mol. The Bertz CT molecular complexity index is 785. The van der Waals surface area contributed by atoms with Crippen LogP contribution in [0.2, 0.25) is 0 Å². The smallest absolute Gasteiger partial charge is 0.240 e. The fourth-order valence-electron chi connectivity index (χ4n) is 3.45. The molecule has 2 N–H and O–H groups in total. The molecule has 26 heavy (non-hydrogen) atoms. The number of nitrogens with zero attached hydrogens (tertiary/aromatic N) is 3. The van der Waals surface area contributed by atoms with Crippen LogP contribution in [0.3, 0.4) is 0 Å². The molecular weight excluding hydrogens is 344 g/mol. The van der Waals surface area contributed by atoms with E-state index >= 15 is 0 Å². The summed E-state index contributed by atoms with van der Waals surface area (Å²) in [4.78, 5) is 14.9. The van der Waals surface area contributed by atoms with E-state index in [0.29, 0.717) is 13.1 Å². The lowest BCUT2D eigenvalue weighted by Crippen LogP contribution is -2.53. The average Bonchev–Trinajstić information content (AvgIpc) is 2.83. The summed E-state index contributed by atoms with van der Waals surface area (Å²) in [5.41, 5.74) is 10.9. The number of aromatic nitrogens is 2. The fourth-order valence-corrected chi connectivity index (χ4v) is 3.80. The molecule has 3 rings (SSSR count). The summed E-state index contributed by atoms with van der Waals surface area (Å²) in [6.45, 7) is 5.45. The van der Waals surface area contributed by atoms with Crippen LogP contribution in [0.4, 0.5) is 0 Å². The summed E-state index contributed by atoms with van der Waals surface area (Å²) in [6.07, 6.45) is 3.62. The minimum atomic E-state index is -0.495. The molecule has 2 heterocycles. The van der Waals surface area contributed by atoms with Crippen molar-refractivity contribution in [1.29, 1.82) is 0 Å². The molecule has 0 fully saturated rings. The summed E-state index contributed by atoms with van der Waals surface area (Å²) < 4.78 is 1.70. The molecule has 0 radical (unpaired) electrons. The van der Waals surface area contributed by atoms with Crippen LogP contribution in [0.25, 0.3) is 11.3 Å². The Balaban J connectivity index is 1.83. The third kappa shape index (κ3) is 3.53. The first kappa shape index (κ1) is 19.0. The Morgan fingerprint density at radius 2 is 1.88 bits per heavy atom. The van der Waals surface area contributed by atoms with Crippen LogP contribution in [0.1, 0.15) is 25.1 Å². The number of fused-ring (bicyclic) bond motifs is 1. The standard InChI is InChI=1S/C20H28N4OS/c1-20(2,26-4)18(21)19(25)24-12-10-15-16(11-13-24)23(3)22-17(15)14-8-6-5-7-9-14/h5-9,18H,10-13,21H2,1-4H3/t18-/m1/s1. The van der Waals surface area contributed by atoms with E-state index in [1.165, 1.54) is 11.3 Å². The van der Waals surface area contributed by atoms with Crippen LogP contribution < -0.4 is 5.73 Å². The van der Waals surface area contributed by atoms with Gasteiger partial charge in [0.15, 0.2) is 0 Å². The third-order valence-corrected chi connectivity index (χ3v) is 6.73. The van der Waals surface area contributed by atoms with Gasteiger partial charge in [0.1, 0.15) is 0 Å². The minimum Gasteiger partial charge on any atom is -0.341 e. The first-order valence-electron chi connectivity index (χ1n) is 9.05. The summed E-state index contributed by atoms with van der Waals surface area (Å²) in [5, 5.41) is 4.75. The van der Waals surface area contributed by atoms with E-state index < -0.39 is 6.04 Å². The molecule has 0 spiro atoms. The number of hydrogen-bond donors (Lipinski definition) is 1. The number of aryl methyl sites for hydroxylation is 1. The normalized spacial score (nSPS) is 16.1. The molecule has 1 aromatic carbocycles. The summed E-state index contributed by atoms with van der Waals surface area (Å²) in [5.74, 6) is 0.0476. The van der Waals surface area contributed by atoms with E-state index in [9.17, 15) is 4.79 Å². The van der Waals surface area contributed by atoms with Crippen LogP contribution in [-0.4, -0.2) is 50.7 Å². The number of nitrogens with two attached hydrogens (primary N) is 1. The van der Waals surface area contributed by atoms with Crippen molar-refractivity contribution in [3.05, 3.63) is 41.6 Å². The maximum atomic E-state index is 12.9. The molecule has 5 nitrogen and oxygen atoms in total. The van der Waals surface area contributed by atoms with Gasteiger partial charge < -0.3 is 10.6 Å². The molecule has 0 saturated carbocycles. The summed E-state index contributed by atoms with van der Waals surface area (Å²) in [7, 11) is 1.99. The highest BCUT2D eigenvalue weighted by molar-refractivity contribution is 8.00. The molecule has 1 atom stereocenters. The van der Waals surface area contributed by atoms with Gasteiger partial charge in [0.2, 0.25) is 5.91 Å². The number of carbonyl (C=O) groups is 1. The van der Waals surface area contributed by atoms with Gasteiger partial charge in [-0.3, -0.25) is 9.48 Å². The van der Waals surface area contributed by atoms with Crippen molar-refractivity contribution >= 4 is 17.7 Å². The SMILES string of the molecule is CSC(C)(C)[C@H](N)C(=O)N1CCc2c(-c3ccccc3)nn(C)c2CC1. The number of amides is 1. The van der Waals surface area contributed by atoms with Gasteiger partial charge in [0.05, 0.1) is 11.7 Å². The molecule has 1 aliphatic rings. The van der Waals surface area contributed by atoms with E-state index in [0.717, 1.165) is 24.1 Å². The predicted molar refractivity (Wildman–Crippen MR) is 108 cm³/mol. The molecule has 1 aliphatic heterocycles. The molecule has 0 aliphatic carbocycles. The first-order chi connectivity index (χ1) is 12.3. The molecule has 0 saturated heterocycles. The maximum absolute atomic E-state index is 12.9. The topological polar surface area (TPSA) is 64.2 Å². The Hall–Kier alpha value is -1.79. The second-order valence-electron chi connectivity index (χ2n) is 7.37. The van der Waals surface area contributed by atoms with Crippen molar-refractivity contribution in [2.45, 2.75) is 37.5 Å². The van der Waals surface area contributed by atoms with E-state index in [4.69, 9.17) is 10.8 Å². The zero-order valence-electron chi connectivity index (χ0n) is 16.0. The highest BCUT2D eigenvalue weighted by Gasteiger charge is 2.35. The maximum Gasteiger partial charge on any atom is 0.240 e. The lowest BCUT2D eigenvalue weighted by molar-refractivity contribution is -0.133. The zero-order chi connectivity index (χ0) is 18.9. The highest BCUT2D eigenvalue weighted by atomic mass is 32.2. The van der Waals surface area contributed by atoms with Gasteiger partial charge in [-0.05, 0) is 26.5 Å². The third-order valence-electron chi connectivity index (χ3n) is 5.43. The molecule has 140 valence electrons. The number of benzene rings is 1. The molecule has 1 amide bonds. The van der Waals surface area contributed by atoms with Crippen LogP contribution in [0.5, 0.6) is 0 Å². The zero-order valence-corrected chi connectivity index (χ0v) is 16.8. The van der Waals surface area contributed by atoms with E-state index in [2.05, 4.69) is 12.1 Å². The van der Waals surface area contributed by atoms with Crippen molar-refractivity contribution in [3.8, 4) is 11.3 Å². The largest absolute Gasteiger partial charge is 0.341 e. The quantitative estimate of drug-likeness (QED) is 0.896. The predicted octanol–water partition coefficient (Wildman–Crippen LogP) is 2.48. The van der Waals surface area contributed by atoms with Gasteiger partial charge >= 0.3 is 0 Å². The van der Waals surface area contributed by atoms with Crippen molar-refractivity contribution in [2.24, 2.45) is 12.8 Å². The molecule has 2 aromatic rings. The lowest BCUT2D eigenvalue weighted by atomic mass is 10.0. The number of rotatable bonds is 4. The van der Waals surface area contributed by atoms with Crippen LogP contribution in [0, 0.1) is 0 Å². The Labute approximate surface area is 159 Å². The van der Waals surface area contributed by atoms with Gasteiger partial charge in [-0.15, -0.1) is 0 Å². The second-order valence-corrected chi connectivity index (χ2v) is 8.83. The van der Waals surface area contributed by atoms with Crippen molar-refractivity contribution in [3.63, 3.8) is 0 Å². The summed E-state index contributed by atoms with van der Waals surface area (Å²) >= 11 is 1.64. The van der Waals surface area contributed by atoms with Crippen LogP contribution >= 0.6 is 11.8 Å². The van der Waals surface area contributed by atoms with Crippen LogP contribution in [-0.2, 0) is 24.7 Å². The molecule has 1 aromatic heterocycles. The lowest BCUT2D eigenvalue weighted by Gasteiger charge is -2.33. The van der Waals surface area contributed by atoms with Crippen LogP contribution in [0.15, 0.2) is 30.3 Å². The molecule has 6 heteroatoms. The minimum absolute atomic E-state index is 0.0476. The number of carbonyl (C=O) groups excluding carboxylic acids is 1. The number of thioether (sulfide) groups is 1. The monoisotopic (exact) mass is 372 g/mol. The van der Waals surface area contributed by atoms with E-state index in [-0.39, 0.29) is 10.7 Å². The van der Waals surface area contributed by atoms with Gasteiger partial charge in [0.25, 0.3) is 0 Å². The fraction of sp³-hybridized carbons (Fsp3) is 0.500. The van der Waals surface area contributed by atoms with Gasteiger partial charge in [-0.2, -0.15) is 16.9 Å². The Morgan fingerprint density at radius 3 is 2.54 bits per heavy atom. The van der Waals surface area contributed by atoms with Crippen molar-refractivity contribution < 1.29 is 4.79 Å². The second kappa shape index (κ2) is 7.45. The molecule has 0 unspecified atom stereocenters. The molecule has 0 bridgehead atoms. The highest BCUT2D eigenvalue weighted by Crippen LogP contribution is 2.29. The van der Waals surface area contributed by atoms with Crippen molar-refractivity contribution in [2.75, 3.05) is 19.3 Å². The van der Waals surface area contributed by atoms with Gasteiger partial charge in [-0.25, -0.2) is 0 Å². The van der Waals surface area contributed by atoms with Gasteiger partial charge in [-0.1, -0.05) is 30.3 Å². The first-order valence-corrected chi connectivity index (χ1v) is 10.3. The van der Waals surface area contributed by atoms with E-state index in [1.807, 2.05) is 54.9 Å². The van der Waals surface area contributed by atoms with Crippen molar-refractivity contribution in [1.82, 2.24) is 14.7 Å².